The van der Waals surface area contributed by atoms with Gasteiger partial charge in [-0.2, -0.15) is 0 Å². The van der Waals surface area contributed by atoms with Gasteiger partial charge in [0.25, 0.3) is 0 Å². The molecule has 0 radical (unpaired) electrons. The summed E-state index contributed by atoms with van der Waals surface area (Å²) in [5, 5.41) is 0. The summed E-state index contributed by atoms with van der Waals surface area (Å²) in [5.74, 6) is 2.12. The average Bonchev–Trinajstić information content (AvgIpc) is 3.06. The Hall–Kier alpha value is -2.28. The number of piperazine rings is 1. The van der Waals surface area contributed by atoms with E-state index < -0.39 is 0 Å². The number of rotatable bonds is 2. The SMILES string of the molecule is c1cnc(N2CCc3ncnc(N4CCN5CCC[C@@H]5C4)c3CC2)cn1. The van der Waals surface area contributed by atoms with Crippen LogP contribution in [0.2, 0.25) is 0 Å². The molecule has 1 atom stereocenters. The monoisotopic (exact) mass is 351 g/mol. The van der Waals surface area contributed by atoms with Crippen LogP contribution in [0.1, 0.15) is 24.1 Å². The summed E-state index contributed by atoms with van der Waals surface area (Å²) >= 11 is 0. The molecule has 3 aliphatic rings. The van der Waals surface area contributed by atoms with E-state index in [2.05, 4.69) is 29.7 Å². The van der Waals surface area contributed by atoms with Crippen LogP contribution in [-0.4, -0.2) is 70.1 Å². The van der Waals surface area contributed by atoms with E-state index in [-0.39, 0.29) is 0 Å². The van der Waals surface area contributed by atoms with Crippen LogP contribution in [0.15, 0.2) is 24.9 Å². The zero-order chi connectivity index (χ0) is 17.3. The fraction of sp³-hybridized carbons (Fsp3) is 0.579. The molecule has 5 heterocycles. The summed E-state index contributed by atoms with van der Waals surface area (Å²) in [6.07, 6.45) is 11.7. The lowest BCUT2D eigenvalue weighted by Gasteiger charge is -2.39. The zero-order valence-corrected chi connectivity index (χ0v) is 15.1. The van der Waals surface area contributed by atoms with E-state index in [1.54, 1.807) is 18.7 Å². The smallest absolute Gasteiger partial charge is 0.147 e. The van der Waals surface area contributed by atoms with Crippen molar-refractivity contribution < 1.29 is 0 Å². The minimum Gasteiger partial charge on any atom is -0.355 e. The van der Waals surface area contributed by atoms with Gasteiger partial charge in [0.1, 0.15) is 18.0 Å². The Balaban J connectivity index is 1.38. The Kier molecular flexibility index (Phi) is 4.16. The minimum absolute atomic E-state index is 0.705. The molecule has 5 rings (SSSR count). The number of aromatic nitrogens is 4. The van der Waals surface area contributed by atoms with Crippen LogP contribution in [0.4, 0.5) is 11.6 Å². The number of hydrogen-bond donors (Lipinski definition) is 0. The maximum Gasteiger partial charge on any atom is 0.147 e. The second-order valence-electron chi connectivity index (χ2n) is 7.45. The standard InChI is InChI=1S/C19H25N7/c1-2-15-13-26(11-10-24(15)7-1)19-16-3-8-25(18-12-20-5-6-21-18)9-4-17(16)22-14-23-19/h5-6,12,14-15H,1-4,7-11,13H2/t15-/m1/s1. The third kappa shape index (κ3) is 2.90. The number of hydrogen-bond acceptors (Lipinski definition) is 7. The second kappa shape index (κ2) is 6.79. The first-order chi connectivity index (χ1) is 12.9. The normalized spacial score (nSPS) is 23.5. The Morgan fingerprint density at radius 3 is 2.77 bits per heavy atom. The summed E-state index contributed by atoms with van der Waals surface area (Å²) in [4.78, 5) is 25.5. The maximum absolute atomic E-state index is 4.72. The summed E-state index contributed by atoms with van der Waals surface area (Å²) in [7, 11) is 0. The Morgan fingerprint density at radius 1 is 0.885 bits per heavy atom. The summed E-state index contributed by atoms with van der Waals surface area (Å²) in [5.41, 5.74) is 2.54. The van der Waals surface area contributed by atoms with Crippen molar-refractivity contribution in [1.82, 2.24) is 24.8 Å². The lowest BCUT2D eigenvalue weighted by Crippen LogP contribution is -2.50. The first-order valence-electron chi connectivity index (χ1n) is 9.71. The van der Waals surface area contributed by atoms with E-state index in [1.165, 1.54) is 36.5 Å². The van der Waals surface area contributed by atoms with Crippen LogP contribution in [0, 0.1) is 0 Å². The fourth-order valence-corrected chi connectivity index (χ4v) is 4.65. The largest absolute Gasteiger partial charge is 0.355 e. The highest BCUT2D eigenvalue weighted by Crippen LogP contribution is 2.29. The molecule has 2 aromatic heterocycles. The van der Waals surface area contributed by atoms with Crippen LogP contribution < -0.4 is 9.80 Å². The van der Waals surface area contributed by atoms with Gasteiger partial charge in [-0.25, -0.2) is 15.0 Å². The predicted octanol–water partition coefficient (Wildman–Crippen LogP) is 1.16. The number of nitrogens with zero attached hydrogens (tertiary/aromatic N) is 7. The molecule has 0 aromatic carbocycles. The van der Waals surface area contributed by atoms with E-state index in [4.69, 9.17) is 4.98 Å². The molecule has 0 saturated carbocycles. The lowest BCUT2D eigenvalue weighted by atomic mass is 10.1. The third-order valence-corrected chi connectivity index (χ3v) is 6.02. The molecule has 0 N–H and O–H groups in total. The molecule has 2 fully saturated rings. The lowest BCUT2D eigenvalue weighted by molar-refractivity contribution is 0.230. The third-order valence-electron chi connectivity index (χ3n) is 6.02. The minimum atomic E-state index is 0.705. The van der Waals surface area contributed by atoms with Gasteiger partial charge in [0.15, 0.2) is 0 Å². The molecule has 0 aliphatic carbocycles. The quantitative estimate of drug-likeness (QED) is 0.804. The second-order valence-corrected chi connectivity index (χ2v) is 7.45. The summed E-state index contributed by atoms with van der Waals surface area (Å²) in [6, 6.07) is 0.705. The highest BCUT2D eigenvalue weighted by molar-refractivity contribution is 5.51. The van der Waals surface area contributed by atoms with Crippen LogP contribution in [-0.2, 0) is 12.8 Å². The molecule has 136 valence electrons. The molecule has 0 amide bonds. The van der Waals surface area contributed by atoms with Gasteiger partial charge < -0.3 is 9.80 Å². The topological polar surface area (TPSA) is 61.3 Å². The Bertz CT molecular complexity index is 766. The fourth-order valence-electron chi connectivity index (χ4n) is 4.65. The number of fused-ring (bicyclic) bond motifs is 2. The molecule has 7 heteroatoms. The van der Waals surface area contributed by atoms with Gasteiger partial charge in [0.2, 0.25) is 0 Å². The molecule has 0 unspecified atom stereocenters. The van der Waals surface area contributed by atoms with Crippen molar-refractivity contribution in [2.75, 3.05) is 49.1 Å². The highest BCUT2D eigenvalue weighted by Gasteiger charge is 2.32. The summed E-state index contributed by atoms with van der Waals surface area (Å²) < 4.78 is 0. The molecular weight excluding hydrogens is 326 g/mol. The first kappa shape index (κ1) is 15.9. The van der Waals surface area contributed by atoms with Crippen molar-refractivity contribution in [1.29, 1.82) is 0 Å². The first-order valence-corrected chi connectivity index (χ1v) is 9.71. The molecule has 7 nitrogen and oxygen atoms in total. The zero-order valence-electron chi connectivity index (χ0n) is 15.1. The number of anilines is 2. The van der Waals surface area contributed by atoms with Gasteiger partial charge in [-0.3, -0.25) is 9.88 Å². The van der Waals surface area contributed by atoms with Crippen molar-refractivity contribution >= 4 is 11.6 Å². The van der Waals surface area contributed by atoms with E-state index in [1.807, 2.05) is 6.20 Å². The molecule has 26 heavy (non-hydrogen) atoms. The molecule has 2 saturated heterocycles. The van der Waals surface area contributed by atoms with Gasteiger partial charge in [-0.15, -0.1) is 0 Å². The Morgan fingerprint density at radius 2 is 1.85 bits per heavy atom. The molecule has 0 spiro atoms. The van der Waals surface area contributed by atoms with Crippen LogP contribution in [0.5, 0.6) is 0 Å². The highest BCUT2D eigenvalue weighted by atomic mass is 15.3. The van der Waals surface area contributed by atoms with Gasteiger partial charge in [0, 0.05) is 63.1 Å². The summed E-state index contributed by atoms with van der Waals surface area (Å²) in [6.45, 7) is 6.49. The van der Waals surface area contributed by atoms with Crippen LogP contribution in [0.25, 0.3) is 0 Å². The van der Waals surface area contributed by atoms with E-state index in [0.717, 1.165) is 51.4 Å². The average molecular weight is 351 g/mol. The van der Waals surface area contributed by atoms with Crippen molar-refractivity contribution in [2.24, 2.45) is 0 Å². The Labute approximate surface area is 154 Å². The van der Waals surface area contributed by atoms with Gasteiger partial charge in [-0.1, -0.05) is 0 Å². The predicted molar refractivity (Wildman–Crippen MR) is 100 cm³/mol. The van der Waals surface area contributed by atoms with Crippen molar-refractivity contribution in [3.63, 3.8) is 0 Å². The van der Waals surface area contributed by atoms with Crippen LogP contribution in [0.3, 0.4) is 0 Å². The molecule has 0 bridgehead atoms. The van der Waals surface area contributed by atoms with Crippen molar-refractivity contribution in [3.8, 4) is 0 Å². The van der Waals surface area contributed by atoms with E-state index in [9.17, 15) is 0 Å². The molecular formula is C19H25N7. The van der Waals surface area contributed by atoms with Gasteiger partial charge in [-0.05, 0) is 25.8 Å². The van der Waals surface area contributed by atoms with Crippen LogP contribution >= 0.6 is 0 Å². The van der Waals surface area contributed by atoms with Crippen molar-refractivity contribution in [2.45, 2.75) is 31.7 Å². The maximum atomic E-state index is 4.72. The molecule has 2 aromatic rings. The van der Waals surface area contributed by atoms with Gasteiger partial charge >= 0.3 is 0 Å². The van der Waals surface area contributed by atoms with Crippen molar-refractivity contribution in [3.05, 3.63) is 36.2 Å². The van der Waals surface area contributed by atoms with E-state index in [0.29, 0.717) is 6.04 Å². The van der Waals surface area contributed by atoms with Gasteiger partial charge in [0.05, 0.1) is 11.9 Å². The molecule has 3 aliphatic heterocycles. The van der Waals surface area contributed by atoms with E-state index >= 15 is 0 Å².